The van der Waals surface area contributed by atoms with Gasteiger partial charge in [0.05, 0.1) is 24.6 Å². The van der Waals surface area contributed by atoms with E-state index in [4.69, 9.17) is 35.2 Å². The molecule has 9 aromatic rings. The van der Waals surface area contributed by atoms with E-state index in [9.17, 15) is 40.3 Å². The maximum absolute atomic E-state index is 14.6. The van der Waals surface area contributed by atoms with Gasteiger partial charge in [-0.05, 0) is 140 Å². The predicted molar refractivity (Wildman–Crippen MR) is 337 cm³/mol. The Morgan fingerprint density at radius 3 is 1.37 bits per heavy atom. The molecule has 0 atom stereocenters. The van der Waals surface area contributed by atoms with Gasteiger partial charge in [0.15, 0.2) is 33.2 Å². The smallest absolute Gasteiger partial charge is 0.281 e. The Bertz CT molecular complexity index is 4310. The van der Waals surface area contributed by atoms with Gasteiger partial charge in [0.1, 0.15) is 52.4 Å². The van der Waals surface area contributed by atoms with Crippen LogP contribution in [0, 0.1) is 51.2 Å². The van der Waals surface area contributed by atoms with Crippen molar-refractivity contribution in [2.75, 3.05) is 24.7 Å². The lowest BCUT2D eigenvalue weighted by atomic mass is 10.1. The summed E-state index contributed by atoms with van der Waals surface area (Å²) in [5.74, 6) is -2.47. The standard InChI is InChI=1S/C36H35FN4O6S.C29H29FN4O6S.3H2/c1-22(2)20-45-28-18-26(17-27(37)19-28)30-14-13-29(36(39-30)47-33-23(3)9-8-10-24(33)4)35(42)41-48(43,44)32-16-15-31(34(38)40-32)46-21-25-11-6-5-7-12-25;1-16(2)15-39-21-13-19(12-20(30)14-21)23-9-8-22(29(32-23)40-26-17(3)6-5-7-18(26)4)28(36)34-41(37,38)25-11-10-24(35)27(31)33-25;;;/h5-19,22H,20-21H2,1-4H3,(H2,38,40)(H,41,42);5-14,16,35H,15H2,1-4H3,(H2,31,33)(H,34,36);3*1H. The van der Waals surface area contributed by atoms with E-state index in [1.807, 2.05) is 132 Å². The molecule has 0 aliphatic rings. The zero-order chi connectivity index (χ0) is 64.3. The van der Waals surface area contributed by atoms with Crippen LogP contribution in [0.2, 0.25) is 0 Å². The lowest BCUT2D eigenvalue weighted by molar-refractivity contribution is 0.0969. The number of aromatic hydroxyl groups is 1. The molecule has 9 rings (SSSR count). The lowest BCUT2D eigenvalue weighted by Gasteiger charge is -2.16. The Morgan fingerprint density at radius 2 is 0.955 bits per heavy atom. The third-order valence-corrected chi connectivity index (χ3v) is 15.4. The molecule has 2 amide bonds. The van der Waals surface area contributed by atoms with Crippen LogP contribution in [0.5, 0.6) is 46.3 Å². The Labute approximate surface area is 518 Å². The number of anilines is 2. The SMILES string of the molecule is Cc1cccc(C)c1Oc1nc(-c2cc(F)cc(OCC(C)C)c2)ccc1C(=O)NS(=O)(=O)c1ccc(O)c(N)n1.Cc1cccc(C)c1Oc1nc(-c2cc(F)cc(OCC(C)C)c2)ccc1C(=O)NS(=O)(=O)c1ccc(OCc2ccccc2)c(N)n1.[HH].[HH].[HH]. The number of nitrogen functional groups attached to an aromatic ring is 2. The van der Waals surface area contributed by atoms with E-state index >= 15 is 0 Å². The summed E-state index contributed by atoms with van der Waals surface area (Å²) in [6, 6.07) is 38.8. The molecule has 0 saturated heterocycles. The Hall–Kier alpha value is -10.2. The number of nitrogens with two attached hydrogens (primary N) is 2. The van der Waals surface area contributed by atoms with Crippen molar-refractivity contribution in [3.8, 4) is 68.8 Å². The number of aryl methyl sites for hydroxylation is 4. The molecule has 24 heteroatoms. The Kier molecular flexibility index (Phi) is 20.5. The van der Waals surface area contributed by atoms with Gasteiger partial charge in [0, 0.05) is 27.5 Å². The molecule has 0 unspecified atom stereocenters. The van der Waals surface area contributed by atoms with Crippen molar-refractivity contribution in [3.05, 3.63) is 202 Å². The number of hydrogen-bond acceptors (Lipinski definition) is 18. The topological polar surface area (TPSA) is 296 Å². The average Bonchev–Trinajstić information content (AvgIpc) is 0.883. The molecule has 5 aromatic carbocycles. The van der Waals surface area contributed by atoms with Crippen molar-refractivity contribution in [1.29, 1.82) is 0 Å². The quantitative estimate of drug-likeness (QED) is 0.0446. The zero-order valence-electron chi connectivity index (χ0n) is 49.7. The summed E-state index contributed by atoms with van der Waals surface area (Å²) in [6.07, 6.45) is 0. The van der Waals surface area contributed by atoms with Crippen LogP contribution in [0.25, 0.3) is 22.5 Å². The molecular formula is C65H70F2N8O12S2. The van der Waals surface area contributed by atoms with E-state index in [-0.39, 0.29) is 68.6 Å². The van der Waals surface area contributed by atoms with Gasteiger partial charge in [-0.2, -0.15) is 16.8 Å². The van der Waals surface area contributed by atoms with E-state index in [1.165, 1.54) is 60.7 Å². The highest BCUT2D eigenvalue weighted by Gasteiger charge is 2.28. The van der Waals surface area contributed by atoms with E-state index in [0.29, 0.717) is 47.3 Å². The molecule has 0 spiro atoms. The van der Waals surface area contributed by atoms with Gasteiger partial charge in [-0.15, -0.1) is 0 Å². The third-order valence-electron chi connectivity index (χ3n) is 12.9. The molecule has 0 aliphatic carbocycles. The highest BCUT2D eigenvalue weighted by atomic mass is 32.2. The number of nitrogens with zero attached hydrogens (tertiary/aromatic N) is 4. The minimum atomic E-state index is -4.50. The van der Waals surface area contributed by atoms with Crippen LogP contribution < -0.4 is 44.6 Å². The number of sulfonamides is 2. The second-order valence-electron chi connectivity index (χ2n) is 21.2. The van der Waals surface area contributed by atoms with Crippen molar-refractivity contribution in [2.45, 2.75) is 72.0 Å². The number of pyridine rings is 4. The molecule has 0 fully saturated rings. The maximum Gasteiger partial charge on any atom is 0.281 e. The number of hydrogen-bond donors (Lipinski definition) is 5. The highest BCUT2D eigenvalue weighted by Crippen LogP contribution is 2.36. The van der Waals surface area contributed by atoms with Gasteiger partial charge in [0.2, 0.25) is 11.8 Å². The van der Waals surface area contributed by atoms with Crippen LogP contribution in [0.1, 0.15) is 80.5 Å². The van der Waals surface area contributed by atoms with E-state index in [1.54, 1.807) is 12.1 Å². The van der Waals surface area contributed by atoms with Crippen LogP contribution in [0.3, 0.4) is 0 Å². The number of para-hydroxylation sites is 2. The van der Waals surface area contributed by atoms with Crippen LogP contribution in [0.15, 0.2) is 162 Å². The summed E-state index contributed by atoms with van der Waals surface area (Å²) in [7, 11) is -8.99. The van der Waals surface area contributed by atoms with Gasteiger partial charge in [-0.1, -0.05) is 94.4 Å². The summed E-state index contributed by atoms with van der Waals surface area (Å²) in [4.78, 5) is 43.4. The van der Waals surface area contributed by atoms with Crippen molar-refractivity contribution >= 4 is 43.5 Å². The second kappa shape index (κ2) is 28.1. The van der Waals surface area contributed by atoms with Gasteiger partial charge in [-0.25, -0.2) is 38.2 Å². The summed E-state index contributed by atoms with van der Waals surface area (Å²) in [6.45, 7) is 16.1. The maximum atomic E-state index is 14.6. The van der Waals surface area contributed by atoms with E-state index < -0.39 is 65.1 Å². The number of halogens is 2. The minimum Gasteiger partial charge on any atom is -0.504 e. The largest absolute Gasteiger partial charge is 0.504 e. The number of ether oxygens (including phenoxy) is 5. The van der Waals surface area contributed by atoms with E-state index in [0.717, 1.165) is 39.9 Å². The van der Waals surface area contributed by atoms with E-state index in [2.05, 4.69) is 19.9 Å². The van der Waals surface area contributed by atoms with Gasteiger partial charge in [0.25, 0.3) is 31.9 Å². The predicted octanol–water partition coefficient (Wildman–Crippen LogP) is 12.9. The average molecular weight is 1260 g/mol. The number of amides is 2. The molecule has 0 bridgehead atoms. The summed E-state index contributed by atoms with van der Waals surface area (Å²) >= 11 is 0. The molecule has 0 aliphatic heterocycles. The van der Waals surface area contributed by atoms with Crippen LogP contribution in [0.4, 0.5) is 20.4 Å². The molecule has 20 nitrogen and oxygen atoms in total. The molecule has 7 N–H and O–H groups in total. The fourth-order valence-corrected chi connectivity index (χ4v) is 10.3. The number of carbonyl (C=O) groups excluding carboxylic acids is 2. The Morgan fingerprint density at radius 1 is 0.528 bits per heavy atom. The summed E-state index contributed by atoms with van der Waals surface area (Å²) in [5, 5.41) is 8.51. The molecule has 89 heavy (non-hydrogen) atoms. The third kappa shape index (κ3) is 16.9. The van der Waals surface area contributed by atoms with Crippen molar-refractivity contribution in [3.63, 3.8) is 0 Å². The minimum absolute atomic E-state index is 0. The van der Waals surface area contributed by atoms with Crippen molar-refractivity contribution in [2.24, 2.45) is 11.8 Å². The number of carbonyl (C=O) groups is 2. The van der Waals surface area contributed by atoms with Crippen LogP contribution in [-0.4, -0.2) is 66.9 Å². The van der Waals surface area contributed by atoms with Gasteiger partial charge < -0.3 is 40.3 Å². The number of rotatable bonds is 21. The first-order chi connectivity index (χ1) is 42.2. The fourth-order valence-electron chi connectivity index (χ4n) is 8.44. The monoisotopic (exact) mass is 1260 g/mol. The molecule has 0 saturated carbocycles. The number of benzene rings is 5. The van der Waals surface area contributed by atoms with Gasteiger partial charge >= 0.3 is 0 Å². The molecule has 4 heterocycles. The van der Waals surface area contributed by atoms with Crippen molar-refractivity contribution < 1.29 is 68.3 Å². The fraction of sp³-hybridized carbons (Fsp3) is 0.200. The highest BCUT2D eigenvalue weighted by molar-refractivity contribution is 7.90. The zero-order valence-corrected chi connectivity index (χ0v) is 51.3. The first-order valence-electron chi connectivity index (χ1n) is 27.6. The summed E-state index contributed by atoms with van der Waals surface area (Å²) in [5.41, 5.74) is 16.3. The first kappa shape index (κ1) is 64.8. The molecule has 468 valence electrons. The number of nitrogens with one attached hydrogen (secondary N) is 2. The molecule has 4 aromatic heterocycles. The van der Waals surface area contributed by atoms with Gasteiger partial charge in [-0.3, -0.25) is 9.59 Å². The van der Waals surface area contributed by atoms with Crippen molar-refractivity contribution in [1.82, 2.24) is 29.4 Å². The first-order valence-corrected chi connectivity index (χ1v) is 30.6. The second-order valence-corrected chi connectivity index (χ2v) is 24.5. The van der Waals surface area contributed by atoms with Crippen LogP contribution in [-0.2, 0) is 26.7 Å². The van der Waals surface area contributed by atoms with Crippen LogP contribution >= 0.6 is 0 Å². The number of aromatic nitrogens is 4. The lowest BCUT2D eigenvalue weighted by Crippen LogP contribution is -2.31. The molecular weight excluding hydrogens is 1190 g/mol. The summed E-state index contributed by atoms with van der Waals surface area (Å²) < 4.78 is 115. The Balaban J connectivity index is 0.000000327. The molecule has 0 radical (unpaired) electrons. The normalized spacial score (nSPS) is 11.3.